The molecular formula is C14H22BrN3O. The van der Waals surface area contributed by atoms with Crippen LogP contribution >= 0.6 is 15.9 Å². The minimum Gasteiger partial charge on any atom is -0.368 e. The number of nitrogens with two attached hydrogens (primary N) is 1. The lowest BCUT2D eigenvalue weighted by molar-refractivity contribution is -0.116. The smallest absolute Gasteiger partial charge is 0.236 e. The molecule has 0 heterocycles. The van der Waals surface area contributed by atoms with Crippen molar-refractivity contribution >= 4 is 27.5 Å². The van der Waals surface area contributed by atoms with Gasteiger partial charge in [-0.1, -0.05) is 22.0 Å². The molecule has 0 atom stereocenters. The monoisotopic (exact) mass is 327 g/mol. The van der Waals surface area contributed by atoms with E-state index in [1.165, 1.54) is 5.56 Å². The van der Waals surface area contributed by atoms with E-state index in [-0.39, 0.29) is 18.0 Å². The second-order valence-corrected chi connectivity index (χ2v) is 6.56. The van der Waals surface area contributed by atoms with Gasteiger partial charge in [-0.05, 0) is 38.5 Å². The molecular weight excluding hydrogens is 306 g/mol. The number of primary amides is 1. The van der Waals surface area contributed by atoms with Crippen LogP contribution in [0.1, 0.15) is 26.3 Å². The minimum atomic E-state index is -0.336. The van der Waals surface area contributed by atoms with Crippen molar-refractivity contribution in [1.29, 1.82) is 0 Å². The van der Waals surface area contributed by atoms with Crippen molar-refractivity contribution in [3.8, 4) is 0 Å². The van der Waals surface area contributed by atoms with Crippen LogP contribution in [0.25, 0.3) is 0 Å². The maximum atomic E-state index is 10.9. The Morgan fingerprint density at radius 2 is 2.05 bits per heavy atom. The van der Waals surface area contributed by atoms with Crippen molar-refractivity contribution in [3.63, 3.8) is 0 Å². The highest BCUT2D eigenvalue weighted by Crippen LogP contribution is 2.24. The lowest BCUT2D eigenvalue weighted by Crippen LogP contribution is -2.35. The number of amides is 1. The lowest BCUT2D eigenvalue weighted by Gasteiger charge is -2.22. The largest absolute Gasteiger partial charge is 0.368 e. The molecule has 1 aromatic carbocycles. The number of halogens is 1. The number of carbonyl (C=O) groups excluding carboxylic acids is 1. The Labute approximate surface area is 123 Å². The predicted molar refractivity (Wildman–Crippen MR) is 83.2 cm³/mol. The quantitative estimate of drug-likeness (QED) is 0.872. The van der Waals surface area contributed by atoms with Crippen LogP contribution < -0.4 is 16.0 Å². The number of anilines is 1. The van der Waals surface area contributed by atoms with E-state index in [0.717, 1.165) is 16.7 Å². The van der Waals surface area contributed by atoms with Gasteiger partial charge in [0.15, 0.2) is 0 Å². The Kier molecular flexibility index (Phi) is 5.38. The van der Waals surface area contributed by atoms with E-state index >= 15 is 0 Å². The molecule has 0 saturated carbocycles. The molecule has 1 aromatic rings. The number of carbonyl (C=O) groups is 1. The van der Waals surface area contributed by atoms with E-state index in [2.05, 4.69) is 48.1 Å². The van der Waals surface area contributed by atoms with E-state index in [4.69, 9.17) is 5.73 Å². The topological polar surface area (TPSA) is 58.4 Å². The van der Waals surface area contributed by atoms with Crippen molar-refractivity contribution in [2.75, 3.05) is 18.5 Å². The maximum Gasteiger partial charge on any atom is 0.236 e. The van der Waals surface area contributed by atoms with Crippen molar-refractivity contribution in [3.05, 3.63) is 28.2 Å². The average molecular weight is 328 g/mol. The number of hydrogen-bond donors (Lipinski definition) is 2. The third-order valence-electron chi connectivity index (χ3n) is 2.68. The van der Waals surface area contributed by atoms with Gasteiger partial charge in [0.05, 0.1) is 6.54 Å². The first-order valence-corrected chi connectivity index (χ1v) is 7.01. The summed E-state index contributed by atoms with van der Waals surface area (Å²) in [6.45, 7) is 7.41. The van der Waals surface area contributed by atoms with Gasteiger partial charge in [0.1, 0.15) is 0 Å². The second kappa shape index (κ2) is 6.39. The van der Waals surface area contributed by atoms with Crippen molar-refractivity contribution < 1.29 is 4.79 Å². The van der Waals surface area contributed by atoms with Crippen LogP contribution in [0.4, 0.5) is 5.69 Å². The van der Waals surface area contributed by atoms with Gasteiger partial charge in [0, 0.05) is 29.3 Å². The van der Waals surface area contributed by atoms with Crippen LogP contribution in [-0.2, 0) is 11.3 Å². The molecule has 0 fully saturated rings. The summed E-state index contributed by atoms with van der Waals surface area (Å²) in [4.78, 5) is 12.7. The summed E-state index contributed by atoms with van der Waals surface area (Å²) in [6.07, 6.45) is 0. The summed E-state index contributed by atoms with van der Waals surface area (Å²) < 4.78 is 1.03. The van der Waals surface area contributed by atoms with E-state index in [9.17, 15) is 4.79 Å². The number of nitrogens with one attached hydrogen (secondary N) is 1. The molecule has 4 nitrogen and oxygen atoms in total. The molecule has 0 aliphatic rings. The molecule has 0 aromatic heterocycles. The molecule has 0 aliphatic heterocycles. The zero-order valence-corrected chi connectivity index (χ0v) is 13.5. The molecule has 5 heteroatoms. The Bertz CT molecular complexity index is 454. The minimum absolute atomic E-state index is 0.0842. The van der Waals surface area contributed by atoms with Gasteiger partial charge in [-0.3, -0.25) is 4.79 Å². The standard InChI is InChI=1S/C14H22BrN3O/c1-14(2,3)17-8-10-5-6-11(7-12(10)15)18(4)9-13(16)19/h5-7,17H,8-9H2,1-4H3,(H2,16,19). The van der Waals surface area contributed by atoms with E-state index < -0.39 is 0 Å². The zero-order valence-electron chi connectivity index (χ0n) is 12.0. The average Bonchev–Trinajstić information content (AvgIpc) is 2.25. The predicted octanol–water partition coefficient (Wildman–Crippen LogP) is 2.26. The fraction of sp³-hybridized carbons (Fsp3) is 0.500. The normalized spacial score (nSPS) is 11.4. The maximum absolute atomic E-state index is 10.9. The van der Waals surface area contributed by atoms with Gasteiger partial charge in [0.25, 0.3) is 0 Å². The molecule has 0 radical (unpaired) electrons. The van der Waals surface area contributed by atoms with E-state index in [0.29, 0.717) is 0 Å². The number of nitrogens with zero attached hydrogens (tertiary/aromatic N) is 1. The van der Waals surface area contributed by atoms with Crippen LogP contribution in [0.2, 0.25) is 0 Å². The molecule has 0 aliphatic carbocycles. The van der Waals surface area contributed by atoms with Crippen LogP contribution in [0.5, 0.6) is 0 Å². The summed E-state index contributed by atoms with van der Waals surface area (Å²) in [5, 5.41) is 3.44. The number of benzene rings is 1. The van der Waals surface area contributed by atoms with Crippen LogP contribution in [0.15, 0.2) is 22.7 Å². The van der Waals surface area contributed by atoms with Crippen molar-refractivity contribution in [2.45, 2.75) is 32.9 Å². The SMILES string of the molecule is CN(CC(N)=O)c1ccc(CNC(C)(C)C)c(Br)c1. The molecule has 0 spiro atoms. The van der Waals surface area contributed by atoms with E-state index in [1.807, 2.05) is 24.1 Å². The van der Waals surface area contributed by atoms with E-state index in [1.54, 1.807) is 0 Å². The highest BCUT2D eigenvalue weighted by Gasteiger charge is 2.11. The number of rotatable bonds is 5. The van der Waals surface area contributed by atoms with Crippen molar-refractivity contribution in [2.24, 2.45) is 5.73 Å². The molecule has 0 unspecified atom stereocenters. The van der Waals surface area contributed by atoms with Crippen LogP contribution in [0.3, 0.4) is 0 Å². The number of likely N-dealkylation sites (N-methyl/N-ethyl adjacent to an activating group) is 1. The third kappa shape index (κ3) is 5.61. The van der Waals surface area contributed by atoms with Crippen molar-refractivity contribution in [1.82, 2.24) is 5.32 Å². The summed E-state index contributed by atoms with van der Waals surface area (Å²) >= 11 is 3.57. The Morgan fingerprint density at radius 1 is 1.42 bits per heavy atom. The lowest BCUT2D eigenvalue weighted by atomic mass is 10.1. The van der Waals surface area contributed by atoms with Crippen LogP contribution in [-0.4, -0.2) is 25.0 Å². The highest BCUT2D eigenvalue weighted by molar-refractivity contribution is 9.10. The van der Waals surface area contributed by atoms with Crippen LogP contribution in [0, 0.1) is 0 Å². The summed E-state index contributed by atoms with van der Waals surface area (Å²) in [6, 6.07) is 6.05. The first-order chi connectivity index (χ1) is 8.69. The summed E-state index contributed by atoms with van der Waals surface area (Å²) in [5.74, 6) is -0.336. The van der Waals surface area contributed by atoms with Gasteiger partial charge in [-0.2, -0.15) is 0 Å². The molecule has 0 bridgehead atoms. The molecule has 1 amide bonds. The number of hydrogen-bond acceptors (Lipinski definition) is 3. The van der Waals surface area contributed by atoms with Gasteiger partial charge in [0.2, 0.25) is 5.91 Å². The van der Waals surface area contributed by atoms with Gasteiger partial charge < -0.3 is 16.0 Å². The molecule has 1 rings (SSSR count). The second-order valence-electron chi connectivity index (χ2n) is 5.70. The Morgan fingerprint density at radius 3 is 2.53 bits per heavy atom. The molecule has 19 heavy (non-hydrogen) atoms. The molecule has 3 N–H and O–H groups in total. The Balaban J connectivity index is 2.77. The first-order valence-electron chi connectivity index (χ1n) is 6.22. The zero-order chi connectivity index (χ0) is 14.6. The fourth-order valence-electron chi connectivity index (χ4n) is 1.60. The summed E-state index contributed by atoms with van der Waals surface area (Å²) in [7, 11) is 1.85. The molecule has 0 saturated heterocycles. The Hall–Kier alpha value is -1.07. The van der Waals surface area contributed by atoms with Gasteiger partial charge >= 0.3 is 0 Å². The van der Waals surface area contributed by atoms with Gasteiger partial charge in [-0.15, -0.1) is 0 Å². The van der Waals surface area contributed by atoms with Gasteiger partial charge in [-0.25, -0.2) is 0 Å². The third-order valence-corrected chi connectivity index (χ3v) is 3.42. The molecule has 106 valence electrons. The first kappa shape index (κ1) is 16.0. The summed E-state index contributed by atoms with van der Waals surface area (Å²) in [5.41, 5.74) is 7.43. The highest BCUT2D eigenvalue weighted by atomic mass is 79.9. The fourth-order valence-corrected chi connectivity index (χ4v) is 2.11.